The number of aryl methyl sites for hydroxylation is 1. The first-order valence-electron chi connectivity index (χ1n) is 5.91. The molecule has 6 heteroatoms. The van der Waals surface area contributed by atoms with Crippen molar-refractivity contribution in [1.82, 2.24) is 14.9 Å². The standard InChI is InChI=1S/C11H21N3O2S/c1-3-4-11-13-6-9-14(11)8-5-12-7-10-17(2,15)16/h6,9,12H,3-5,7-8,10H2,1-2H3. The van der Waals surface area contributed by atoms with Gasteiger partial charge in [-0.25, -0.2) is 13.4 Å². The second-order valence-electron chi connectivity index (χ2n) is 4.17. The molecule has 0 aliphatic carbocycles. The van der Waals surface area contributed by atoms with Crippen molar-refractivity contribution in [3.05, 3.63) is 18.2 Å². The lowest BCUT2D eigenvalue weighted by molar-refractivity contribution is 0.576. The van der Waals surface area contributed by atoms with Crippen LogP contribution in [0.15, 0.2) is 12.4 Å². The van der Waals surface area contributed by atoms with Crippen molar-refractivity contribution in [2.24, 2.45) is 0 Å². The van der Waals surface area contributed by atoms with Gasteiger partial charge >= 0.3 is 0 Å². The van der Waals surface area contributed by atoms with Crippen LogP contribution >= 0.6 is 0 Å². The van der Waals surface area contributed by atoms with E-state index in [0.29, 0.717) is 6.54 Å². The Labute approximate surface area is 103 Å². The van der Waals surface area contributed by atoms with Crippen molar-refractivity contribution in [2.75, 3.05) is 25.1 Å². The van der Waals surface area contributed by atoms with Gasteiger partial charge in [-0.05, 0) is 6.42 Å². The van der Waals surface area contributed by atoms with Crippen LogP contribution in [0.25, 0.3) is 0 Å². The fourth-order valence-electron chi connectivity index (χ4n) is 1.58. The molecule has 0 atom stereocenters. The molecule has 17 heavy (non-hydrogen) atoms. The summed E-state index contributed by atoms with van der Waals surface area (Å²) in [6.07, 6.45) is 7.09. The van der Waals surface area contributed by atoms with Crippen LogP contribution in [0.3, 0.4) is 0 Å². The molecule has 0 spiro atoms. The van der Waals surface area contributed by atoms with Gasteiger partial charge < -0.3 is 9.88 Å². The Morgan fingerprint density at radius 2 is 2.18 bits per heavy atom. The zero-order valence-corrected chi connectivity index (χ0v) is 11.3. The smallest absolute Gasteiger partial charge is 0.148 e. The molecule has 98 valence electrons. The summed E-state index contributed by atoms with van der Waals surface area (Å²) in [6.45, 7) is 4.24. The highest BCUT2D eigenvalue weighted by molar-refractivity contribution is 7.90. The summed E-state index contributed by atoms with van der Waals surface area (Å²) in [5.41, 5.74) is 0. The normalized spacial score (nSPS) is 11.9. The molecular weight excluding hydrogens is 238 g/mol. The van der Waals surface area contributed by atoms with Gasteiger partial charge in [0.15, 0.2) is 0 Å². The fourth-order valence-corrected chi connectivity index (χ4v) is 2.09. The number of aromatic nitrogens is 2. The maximum absolute atomic E-state index is 10.9. The predicted octanol–water partition coefficient (Wildman–Crippen LogP) is 0.470. The summed E-state index contributed by atoms with van der Waals surface area (Å²) in [6, 6.07) is 0. The van der Waals surface area contributed by atoms with Crippen LogP contribution in [0, 0.1) is 0 Å². The van der Waals surface area contributed by atoms with Crippen LogP contribution in [0.2, 0.25) is 0 Å². The molecule has 0 saturated heterocycles. The largest absolute Gasteiger partial charge is 0.334 e. The van der Waals surface area contributed by atoms with Crippen molar-refractivity contribution in [2.45, 2.75) is 26.3 Å². The van der Waals surface area contributed by atoms with E-state index in [2.05, 4.69) is 21.8 Å². The minimum Gasteiger partial charge on any atom is -0.334 e. The minimum atomic E-state index is -2.86. The van der Waals surface area contributed by atoms with Crippen molar-refractivity contribution >= 4 is 9.84 Å². The van der Waals surface area contributed by atoms with Crippen molar-refractivity contribution in [1.29, 1.82) is 0 Å². The molecule has 0 unspecified atom stereocenters. The summed E-state index contributed by atoms with van der Waals surface area (Å²) < 4.78 is 23.9. The molecule has 1 aromatic heterocycles. The van der Waals surface area contributed by atoms with Gasteiger partial charge in [-0.1, -0.05) is 6.92 Å². The topological polar surface area (TPSA) is 64.0 Å². The van der Waals surface area contributed by atoms with E-state index in [1.165, 1.54) is 6.26 Å². The molecule has 0 saturated carbocycles. The Morgan fingerprint density at radius 1 is 1.41 bits per heavy atom. The second kappa shape index (κ2) is 6.76. The number of hydrogen-bond donors (Lipinski definition) is 1. The molecule has 1 rings (SSSR count). The van der Waals surface area contributed by atoms with Gasteiger partial charge in [-0.3, -0.25) is 0 Å². The molecule has 0 radical (unpaired) electrons. The van der Waals surface area contributed by atoms with Crippen LogP contribution in [0.5, 0.6) is 0 Å². The third kappa shape index (κ3) is 5.83. The predicted molar refractivity (Wildman–Crippen MR) is 68.8 cm³/mol. The summed E-state index contributed by atoms with van der Waals surface area (Å²) in [7, 11) is -2.86. The summed E-state index contributed by atoms with van der Waals surface area (Å²) >= 11 is 0. The zero-order valence-electron chi connectivity index (χ0n) is 10.5. The third-order valence-corrected chi connectivity index (χ3v) is 3.40. The van der Waals surface area contributed by atoms with Crippen LogP contribution in [0.1, 0.15) is 19.2 Å². The lowest BCUT2D eigenvalue weighted by atomic mass is 10.3. The lowest BCUT2D eigenvalue weighted by Gasteiger charge is -2.08. The third-order valence-electron chi connectivity index (χ3n) is 2.45. The summed E-state index contributed by atoms with van der Waals surface area (Å²) in [5, 5.41) is 3.12. The minimum absolute atomic E-state index is 0.193. The highest BCUT2D eigenvalue weighted by Crippen LogP contribution is 2.00. The van der Waals surface area contributed by atoms with Crippen LogP contribution in [-0.2, 0) is 22.8 Å². The number of sulfone groups is 1. The van der Waals surface area contributed by atoms with Crippen LogP contribution < -0.4 is 5.32 Å². The fraction of sp³-hybridized carbons (Fsp3) is 0.727. The first kappa shape index (κ1) is 14.2. The van der Waals surface area contributed by atoms with Gasteiger partial charge in [0.2, 0.25) is 0 Å². The first-order valence-corrected chi connectivity index (χ1v) is 7.97. The zero-order chi connectivity index (χ0) is 12.7. The molecule has 1 heterocycles. The number of imidazole rings is 1. The number of rotatable bonds is 8. The van der Waals surface area contributed by atoms with Crippen molar-refractivity contribution < 1.29 is 8.42 Å². The molecule has 0 bridgehead atoms. The number of hydrogen-bond acceptors (Lipinski definition) is 4. The Bertz CT molecular complexity index is 426. The van der Waals surface area contributed by atoms with Crippen molar-refractivity contribution in [3.8, 4) is 0 Å². The Morgan fingerprint density at radius 3 is 2.82 bits per heavy atom. The summed E-state index contributed by atoms with van der Waals surface area (Å²) in [4.78, 5) is 4.28. The van der Waals surface area contributed by atoms with Gasteiger partial charge in [0.1, 0.15) is 15.7 Å². The van der Waals surface area contributed by atoms with Gasteiger partial charge in [0.25, 0.3) is 0 Å². The van der Waals surface area contributed by atoms with Gasteiger partial charge in [0.05, 0.1) is 5.75 Å². The van der Waals surface area contributed by atoms with Crippen LogP contribution in [0.4, 0.5) is 0 Å². The van der Waals surface area contributed by atoms with Gasteiger partial charge in [-0.2, -0.15) is 0 Å². The molecule has 0 aliphatic heterocycles. The highest BCUT2D eigenvalue weighted by atomic mass is 32.2. The molecule has 1 aromatic rings. The van der Waals surface area contributed by atoms with E-state index in [-0.39, 0.29) is 5.75 Å². The van der Waals surface area contributed by atoms with Gasteiger partial charge in [0, 0.05) is 44.7 Å². The molecule has 0 amide bonds. The second-order valence-corrected chi connectivity index (χ2v) is 6.43. The molecule has 0 fully saturated rings. The summed E-state index contributed by atoms with van der Waals surface area (Å²) in [5.74, 6) is 1.29. The Hall–Kier alpha value is -0.880. The number of nitrogens with zero attached hydrogens (tertiary/aromatic N) is 2. The van der Waals surface area contributed by atoms with E-state index in [1.807, 2.05) is 12.4 Å². The Kier molecular flexibility index (Phi) is 5.64. The van der Waals surface area contributed by atoms with E-state index < -0.39 is 9.84 Å². The number of nitrogens with one attached hydrogen (secondary N) is 1. The molecule has 0 aromatic carbocycles. The maximum Gasteiger partial charge on any atom is 0.148 e. The molecule has 5 nitrogen and oxygen atoms in total. The van der Waals surface area contributed by atoms with Crippen LogP contribution in [-0.4, -0.2) is 43.1 Å². The quantitative estimate of drug-likeness (QED) is 0.689. The van der Waals surface area contributed by atoms with Crippen molar-refractivity contribution in [3.63, 3.8) is 0 Å². The molecule has 0 aliphatic rings. The van der Waals surface area contributed by atoms with E-state index in [1.54, 1.807) is 0 Å². The lowest BCUT2D eigenvalue weighted by Crippen LogP contribution is -2.26. The average molecular weight is 259 g/mol. The maximum atomic E-state index is 10.9. The average Bonchev–Trinajstić information content (AvgIpc) is 2.64. The first-order chi connectivity index (χ1) is 8.03. The highest BCUT2D eigenvalue weighted by Gasteiger charge is 2.02. The molecule has 1 N–H and O–H groups in total. The monoisotopic (exact) mass is 259 g/mol. The van der Waals surface area contributed by atoms with Gasteiger partial charge in [-0.15, -0.1) is 0 Å². The van der Waals surface area contributed by atoms with E-state index >= 15 is 0 Å². The van der Waals surface area contributed by atoms with E-state index in [4.69, 9.17) is 0 Å². The SMILES string of the molecule is CCCc1nccn1CCNCCS(C)(=O)=O. The van der Waals surface area contributed by atoms with E-state index in [9.17, 15) is 8.42 Å². The van der Waals surface area contributed by atoms with E-state index in [0.717, 1.165) is 31.8 Å². The molecular formula is C11H21N3O2S. The Balaban J connectivity index is 2.24.